The molecule has 0 unspecified atom stereocenters. The minimum Gasteiger partial charge on any atom is -0.497 e. The summed E-state index contributed by atoms with van der Waals surface area (Å²) in [5, 5.41) is 8.68. The van der Waals surface area contributed by atoms with E-state index in [1.807, 2.05) is 30.3 Å². The number of benzene rings is 2. The van der Waals surface area contributed by atoms with Gasteiger partial charge in [-0.1, -0.05) is 30.3 Å². The first kappa shape index (κ1) is 20.7. The summed E-state index contributed by atoms with van der Waals surface area (Å²) in [6, 6.07) is 13.9. The first-order chi connectivity index (χ1) is 15.1. The number of aryl methyl sites for hydroxylation is 2. The molecule has 4 aromatic rings. The minimum atomic E-state index is 0.518. The normalized spacial score (nSPS) is 11.0. The van der Waals surface area contributed by atoms with Gasteiger partial charge in [0.05, 0.1) is 25.3 Å². The van der Waals surface area contributed by atoms with E-state index in [9.17, 15) is 0 Å². The molecule has 160 valence electrons. The lowest BCUT2D eigenvalue weighted by atomic mass is 10.1. The van der Waals surface area contributed by atoms with E-state index in [-0.39, 0.29) is 0 Å². The Morgan fingerprint density at radius 3 is 2.68 bits per heavy atom. The van der Waals surface area contributed by atoms with Gasteiger partial charge in [0.15, 0.2) is 0 Å². The summed E-state index contributed by atoms with van der Waals surface area (Å²) in [5.74, 6) is 3.35. The van der Waals surface area contributed by atoms with E-state index in [2.05, 4.69) is 41.4 Å². The zero-order valence-corrected chi connectivity index (χ0v) is 18.2. The molecule has 0 aliphatic rings. The van der Waals surface area contributed by atoms with Crippen molar-refractivity contribution >= 4 is 16.7 Å². The van der Waals surface area contributed by atoms with E-state index >= 15 is 0 Å². The van der Waals surface area contributed by atoms with Crippen molar-refractivity contribution in [3.8, 4) is 22.9 Å². The van der Waals surface area contributed by atoms with Crippen LogP contribution in [0.25, 0.3) is 22.3 Å². The van der Waals surface area contributed by atoms with Crippen molar-refractivity contribution in [1.29, 1.82) is 0 Å². The number of nitrogens with zero attached hydrogens (tertiary/aromatic N) is 3. The highest BCUT2D eigenvalue weighted by molar-refractivity contribution is 5.89. The summed E-state index contributed by atoms with van der Waals surface area (Å²) >= 11 is 0. The Morgan fingerprint density at radius 1 is 1.03 bits per heavy atom. The number of methoxy groups -OCH3 is 2. The number of nitrogens with one attached hydrogen (secondary N) is 1. The van der Waals surface area contributed by atoms with Gasteiger partial charge in [0.25, 0.3) is 0 Å². The van der Waals surface area contributed by atoms with Crippen LogP contribution < -0.4 is 14.8 Å². The summed E-state index contributed by atoms with van der Waals surface area (Å²) < 4.78 is 16.3. The highest BCUT2D eigenvalue weighted by Gasteiger charge is 2.16. The second kappa shape index (κ2) is 9.04. The van der Waals surface area contributed by atoms with Crippen molar-refractivity contribution < 1.29 is 14.0 Å². The average molecular weight is 418 g/mol. The molecular weight excluding hydrogens is 392 g/mol. The molecule has 2 aromatic carbocycles. The van der Waals surface area contributed by atoms with E-state index in [1.165, 1.54) is 0 Å². The summed E-state index contributed by atoms with van der Waals surface area (Å²) in [6.07, 6.45) is 1.69. The van der Waals surface area contributed by atoms with Crippen LogP contribution in [0.15, 0.2) is 47.0 Å². The fourth-order valence-corrected chi connectivity index (χ4v) is 3.51. The van der Waals surface area contributed by atoms with Crippen molar-refractivity contribution in [3.63, 3.8) is 0 Å². The van der Waals surface area contributed by atoms with E-state index in [1.54, 1.807) is 14.2 Å². The zero-order chi connectivity index (χ0) is 21.8. The number of pyridine rings is 1. The summed E-state index contributed by atoms with van der Waals surface area (Å²) in [7, 11) is 3.29. The van der Waals surface area contributed by atoms with E-state index in [4.69, 9.17) is 19.0 Å². The standard InChI is InChI=1S/C24H26N4O3/c1-5-7-21-26-24(28-31-21)19-12-16-9-6-8-15(2)22(16)27-23(19)25-14-17-10-11-18(29-3)13-20(17)30-4/h6,8-13H,5,7,14H2,1-4H3,(H,25,27). The molecule has 0 aliphatic heterocycles. The number of fused-ring (bicyclic) bond motifs is 1. The second-order valence-electron chi connectivity index (χ2n) is 7.32. The van der Waals surface area contributed by atoms with Gasteiger partial charge in [0, 0.05) is 30.0 Å². The molecule has 0 fully saturated rings. The Labute approximate surface area is 181 Å². The van der Waals surface area contributed by atoms with Gasteiger partial charge in [-0.3, -0.25) is 0 Å². The van der Waals surface area contributed by atoms with Crippen LogP contribution in [0.1, 0.15) is 30.4 Å². The molecule has 1 N–H and O–H groups in total. The van der Waals surface area contributed by atoms with Gasteiger partial charge in [0.1, 0.15) is 17.3 Å². The molecule has 4 rings (SSSR count). The number of anilines is 1. The number of ether oxygens (including phenoxy) is 2. The third kappa shape index (κ3) is 4.30. The summed E-state index contributed by atoms with van der Waals surface area (Å²) in [4.78, 5) is 9.48. The van der Waals surface area contributed by atoms with Crippen LogP contribution in [0.5, 0.6) is 11.5 Å². The molecule has 0 aliphatic carbocycles. The molecule has 7 heteroatoms. The van der Waals surface area contributed by atoms with Crippen LogP contribution >= 0.6 is 0 Å². The van der Waals surface area contributed by atoms with Crippen molar-refractivity contribution in [2.75, 3.05) is 19.5 Å². The van der Waals surface area contributed by atoms with Gasteiger partial charge in [-0.25, -0.2) is 4.98 Å². The smallest absolute Gasteiger partial charge is 0.226 e. The third-order valence-corrected chi connectivity index (χ3v) is 5.16. The predicted octanol–water partition coefficient (Wildman–Crippen LogP) is 5.18. The zero-order valence-electron chi connectivity index (χ0n) is 18.2. The highest BCUT2D eigenvalue weighted by Crippen LogP contribution is 2.31. The van der Waals surface area contributed by atoms with Crippen molar-refractivity contribution in [2.24, 2.45) is 0 Å². The number of para-hydroxylation sites is 1. The van der Waals surface area contributed by atoms with Gasteiger partial charge < -0.3 is 19.3 Å². The lowest BCUT2D eigenvalue weighted by molar-refractivity contribution is 0.378. The van der Waals surface area contributed by atoms with E-state index < -0.39 is 0 Å². The van der Waals surface area contributed by atoms with Gasteiger partial charge in [0.2, 0.25) is 11.7 Å². The first-order valence-corrected chi connectivity index (χ1v) is 10.3. The van der Waals surface area contributed by atoms with Crippen molar-refractivity contribution in [3.05, 3.63) is 59.5 Å². The lowest BCUT2D eigenvalue weighted by Crippen LogP contribution is -2.06. The fraction of sp³-hybridized carbons (Fsp3) is 0.292. The molecule has 31 heavy (non-hydrogen) atoms. The van der Waals surface area contributed by atoms with Crippen LogP contribution in [0.2, 0.25) is 0 Å². The maximum atomic E-state index is 5.53. The third-order valence-electron chi connectivity index (χ3n) is 5.16. The molecule has 0 spiro atoms. The topological polar surface area (TPSA) is 82.3 Å². The van der Waals surface area contributed by atoms with Crippen LogP contribution in [0, 0.1) is 6.92 Å². The molecule has 0 amide bonds. The van der Waals surface area contributed by atoms with Crippen LogP contribution in [-0.2, 0) is 13.0 Å². The second-order valence-corrected chi connectivity index (χ2v) is 7.32. The molecule has 7 nitrogen and oxygen atoms in total. The number of aromatic nitrogens is 3. The number of hydrogen-bond donors (Lipinski definition) is 1. The number of rotatable bonds is 8. The van der Waals surface area contributed by atoms with Gasteiger partial charge in [-0.2, -0.15) is 4.98 Å². The summed E-state index contributed by atoms with van der Waals surface area (Å²) in [5.41, 5.74) is 3.83. The summed E-state index contributed by atoms with van der Waals surface area (Å²) in [6.45, 7) is 4.66. The Balaban J connectivity index is 1.73. The van der Waals surface area contributed by atoms with Gasteiger partial charge in [-0.05, 0) is 37.1 Å². The molecule has 0 atom stereocenters. The Morgan fingerprint density at radius 2 is 1.90 bits per heavy atom. The fourth-order valence-electron chi connectivity index (χ4n) is 3.51. The molecule has 0 saturated heterocycles. The Kier molecular flexibility index (Phi) is 6.02. The molecule has 0 saturated carbocycles. The van der Waals surface area contributed by atoms with Crippen molar-refractivity contribution in [1.82, 2.24) is 15.1 Å². The van der Waals surface area contributed by atoms with Crippen molar-refractivity contribution in [2.45, 2.75) is 33.2 Å². The molecular formula is C24H26N4O3. The molecule has 0 radical (unpaired) electrons. The van der Waals surface area contributed by atoms with Crippen LogP contribution in [0.3, 0.4) is 0 Å². The molecule has 0 bridgehead atoms. The minimum absolute atomic E-state index is 0.518. The molecule has 2 heterocycles. The Bertz CT molecular complexity index is 1200. The van der Waals surface area contributed by atoms with Gasteiger partial charge in [-0.15, -0.1) is 0 Å². The molecule has 2 aromatic heterocycles. The SMILES string of the molecule is CCCc1nc(-c2cc3cccc(C)c3nc2NCc2ccc(OC)cc2OC)no1. The number of hydrogen-bond acceptors (Lipinski definition) is 7. The van der Waals surface area contributed by atoms with Gasteiger partial charge >= 0.3 is 0 Å². The van der Waals surface area contributed by atoms with Crippen LogP contribution in [-0.4, -0.2) is 29.3 Å². The maximum absolute atomic E-state index is 5.53. The maximum Gasteiger partial charge on any atom is 0.226 e. The van der Waals surface area contributed by atoms with E-state index in [0.717, 1.165) is 51.9 Å². The highest BCUT2D eigenvalue weighted by atomic mass is 16.5. The predicted molar refractivity (Wildman–Crippen MR) is 121 cm³/mol. The first-order valence-electron chi connectivity index (χ1n) is 10.3. The van der Waals surface area contributed by atoms with Crippen LogP contribution in [0.4, 0.5) is 5.82 Å². The monoisotopic (exact) mass is 418 g/mol. The Hall–Kier alpha value is -3.61. The quantitative estimate of drug-likeness (QED) is 0.422. The van der Waals surface area contributed by atoms with E-state index in [0.29, 0.717) is 24.1 Å². The largest absolute Gasteiger partial charge is 0.497 e. The lowest BCUT2D eigenvalue weighted by Gasteiger charge is -2.14. The average Bonchev–Trinajstić information content (AvgIpc) is 3.26.